The van der Waals surface area contributed by atoms with E-state index in [-0.39, 0.29) is 5.82 Å². The number of aromatic nitrogens is 3. The molecule has 0 amide bonds. The number of hydrogen-bond donors (Lipinski definition) is 1. The van der Waals surface area contributed by atoms with Crippen molar-refractivity contribution in [3.05, 3.63) is 72.1 Å². The van der Waals surface area contributed by atoms with Crippen LogP contribution >= 0.6 is 11.8 Å². The first kappa shape index (κ1) is 15.3. The molecule has 0 fully saturated rings. The second-order valence-corrected chi connectivity index (χ2v) is 5.79. The second kappa shape index (κ2) is 7.11. The molecule has 0 spiro atoms. The lowest BCUT2D eigenvalue weighted by Crippen LogP contribution is -2.11. The van der Waals surface area contributed by atoms with Crippen molar-refractivity contribution in [2.45, 2.75) is 5.16 Å². The summed E-state index contributed by atoms with van der Waals surface area (Å²) in [5, 5.41) is 8.77. The Labute approximate surface area is 137 Å². The Morgan fingerprint density at radius 3 is 2.52 bits per heavy atom. The summed E-state index contributed by atoms with van der Waals surface area (Å²) in [7, 11) is 0. The minimum Gasteiger partial charge on any atom is -0.335 e. The number of hydrogen-bond acceptors (Lipinski definition) is 4. The van der Waals surface area contributed by atoms with Gasteiger partial charge in [0.15, 0.2) is 5.82 Å². The molecule has 3 aromatic rings. The van der Waals surface area contributed by atoms with Crippen LogP contribution in [0.25, 0.3) is 17.5 Å². The highest BCUT2D eigenvalue weighted by Crippen LogP contribution is 2.22. The maximum Gasteiger partial charge on any atom is 0.210 e. The van der Waals surface area contributed by atoms with Crippen molar-refractivity contribution in [1.29, 1.82) is 0 Å². The summed E-state index contributed by atoms with van der Waals surface area (Å²) in [4.78, 5) is 0. The van der Waals surface area contributed by atoms with Gasteiger partial charge in [-0.2, -0.15) is 0 Å². The molecule has 2 N–H and O–H groups in total. The molecular formula is C17H15FN4S. The lowest BCUT2D eigenvalue weighted by Gasteiger charge is -2.02. The van der Waals surface area contributed by atoms with Gasteiger partial charge in [-0.05, 0) is 29.8 Å². The number of nitrogen functional groups attached to an aromatic ring is 1. The molecule has 23 heavy (non-hydrogen) atoms. The molecule has 6 heteroatoms. The number of nitrogens with two attached hydrogens (primary N) is 1. The fraction of sp³-hybridized carbons (Fsp3) is 0.0588. The molecule has 4 nitrogen and oxygen atoms in total. The van der Waals surface area contributed by atoms with Crippen LogP contribution in [0.15, 0.2) is 65.8 Å². The van der Waals surface area contributed by atoms with E-state index in [2.05, 4.69) is 10.2 Å². The largest absolute Gasteiger partial charge is 0.335 e. The van der Waals surface area contributed by atoms with E-state index in [1.807, 2.05) is 42.5 Å². The smallest absolute Gasteiger partial charge is 0.210 e. The summed E-state index contributed by atoms with van der Waals surface area (Å²) in [6.07, 6.45) is 4.09. The van der Waals surface area contributed by atoms with Gasteiger partial charge in [-0.1, -0.05) is 54.2 Å². The normalized spacial score (nSPS) is 11.2. The molecule has 1 heterocycles. The SMILES string of the molecule is Nn1c(SCC=Cc2ccccc2)nnc1-c1ccc(F)cc1. The van der Waals surface area contributed by atoms with Gasteiger partial charge in [0.1, 0.15) is 5.82 Å². The number of rotatable bonds is 5. The molecule has 0 saturated heterocycles. The minimum absolute atomic E-state index is 0.294. The van der Waals surface area contributed by atoms with E-state index in [0.29, 0.717) is 11.0 Å². The summed E-state index contributed by atoms with van der Waals surface area (Å²) in [5.41, 5.74) is 1.88. The summed E-state index contributed by atoms with van der Waals surface area (Å²) >= 11 is 1.49. The fourth-order valence-corrected chi connectivity index (χ4v) is 2.71. The maximum absolute atomic E-state index is 13.0. The van der Waals surface area contributed by atoms with Crippen LogP contribution in [0.5, 0.6) is 0 Å². The zero-order valence-corrected chi connectivity index (χ0v) is 13.1. The van der Waals surface area contributed by atoms with E-state index in [4.69, 9.17) is 5.84 Å². The summed E-state index contributed by atoms with van der Waals surface area (Å²) in [5.74, 6) is 6.97. The maximum atomic E-state index is 13.0. The number of thioether (sulfide) groups is 1. The third-order valence-corrected chi connectivity index (χ3v) is 4.08. The van der Waals surface area contributed by atoms with Gasteiger partial charge in [0, 0.05) is 11.3 Å². The minimum atomic E-state index is -0.294. The van der Waals surface area contributed by atoms with Crippen LogP contribution in [0.4, 0.5) is 4.39 Å². The molecule has 0 unspecified atom stereocenters. The standard InChI is InChI=1S/C17H15FN4S/c18-15-10-8-14(9-11-15)16-20-21-17(22(16)19)23-12-4-7-13-5-2-1-3-6-13/h1-11H,12,19H2. The first-order valence-corrected chi connectivity index (χ1v) is 8.03. The molecular weight excluding hydrogens is 311 g/mol. The lowest BCUT2D eigenvalue weighted by atomic mass is 10.2. The van der Waals surface area contributed by atoms with Gasteiger partial charge in [-0.25, -0.2) is 9.07 Å². The van der Waals surface area contributed by atoms with Crippen LogP contribution in [-0.4, -0.2) is 20.6 Å². The van der Waals surface area contributed by atoms with Crippen LogP contribution in [0.2, 0.25) is 0 Å². The zero-order chi connectivity index (χ0) is 16.1. The Morgan fingerprint density at radius 1 is 1.04 bits per heavy atom. The highest BCUT2D eigenvalue weighted by Gasteiger charge is 2.11. The molecule has 0 aliphatic rings. The Morgan fingerprint density at radius 2 is 1.78 bits per heavy atom. The average molecular weight is 326 g/mol. The van der Waals surface area contributed by atoms with Crippen molar-refractivity contribution in [1.82, 2.24) is 14.9 Å². The summed E-state index contributed by atoms with van der Waals surface area (Å²) in [6, 6.07) is 16.1. The van der Waals surface area contributed by atoms with Gasteiger partial charge in [-0.15, -0.1) is 10.2 Å². The average Bonchev–Trinajstić information content (AvgIpc) is 2.94. The molecule has 0 bridgehead atoms. The van der Waals surface area contributed by atoms with Crippen LogP contribution in [0.3, 0.4) is 0 Å². The molecule has 2 aromatic carbocycles. The van der Waals surface area contributed by atoms with Crippen molar-refractivity contribution in [2.75, 3.05) is 11.6 Å². The van der Waals surface area contributed by atoms with Crippen LogP contribution < -0.4 is 5.84 Å². The van der Waals surface area contributed by atoms with Crippen molar-refractivity contribution in [3.63, 3.8) is 0 Å². The van der Waals surface area contributed by atoms with Gasteiger partial charge in [0.25, 0.3) is 0 Å². The van der Waals surface area contributed by atoms with E-state index in [9.17, 15) is 4.39 Å². The highest BCUT2D eigenvalue weighted by atomic mass is 32.2. The van der Waals surface area contributed by atoms with Crippen LogP contribution in [0.1, 0.15) is 5.56 Å². The first-order valence-electron chi connectivity index (χ1n) is 7.05. The number of halogens is 1. The van der Waals surface area contributed by atoms with E-state index in [0.717, 1.165) is 16.9 Å². The molecule has 3 rings (SSSR count). The Kier molecular flexibility index (Phi) is 4.73. The predicted octanol–water partition coefficient (Wildman–Crippen LogP) is 3.60. The monoisotopic (exact) mass is 326 g/mol. The number of nitrogens with zero attached hydrogens (tertiary/aromatic N) is 3. The Bertz CT molecular complexity index is 797. The lowest BCUT2D eigenvalue weighted by molar-refractivity contribution is 0.628. The van der Waals surface area contributed by atoms with Gasteiger partial charge < -0.3 is 5.84 Å². The quantitative estimate of drug-likeness (QED) is 0.575. The first-order chi connectivity index (χ1) is 11.2. The van der Waals surface area contributed by atoms with E-state index < -0.39 is 0 Å². The van der Waals surface area contributed by atoms with Crippen molar-refractivity contribution in [2.24, 2.45) is 0 Å². The molecule has 0 aliphatic heterocycles. The van der Waals surface area contributed by atoms with Gasteiger partial charge >= 0.3 is 0 Å². The van der Waals surface area contributed by atoms with Gasteiger partial charge in [0.05, 0.1) is 0 Å². The molecule has 0 aliphatic carbocycles. The van der Waals surface area contributed by atoms with Gasteiger partial charge in [0.2, 0.25) is 5.16 Å². The van der Waals surface area contributed by atoms with Crippen LogP contribution in [-0.2, 0) is 0 Å². The highest BCUT2D eigenvalue weighted by molar-refractivity contribution is 7.99. The van der Waals surface area contributed by atoms with Gasteiger partial charge in [-0.3, -0.25) is 0 Å². The molecule has 0 radical (unpaired) electrons. The molecule has 116 valence electrons. The molecule has 0 atom stereocenters. The molecule has 0 saturated carbocycles. The number of benzene rings is 2. The fourth-order valence-electron chi connectivity index (χ4n) is 2.04. The Balaban J connectivity index is 1.65. The topological polar surface area (TPSA) is 56.7 Å². The predicted molar refractivity (Wildman–Crippen MR) is 91.8 cm³/mol. The van der Waals surface area contributed by atoms with E-state index in [1.54, 1.807) is 12.1 Å². The summed E-state index contributed by atoms with van der Waals surface area (Å²) < 4.78 is 14.4. The van der Waals surface area contributed by atoms with Crippen molar-refractivity contribution < 1.29 is 4.39 Å². The zero-order valence-electron chi connectivity index (χ0n) is 12.3. The van der Waals surface area contributed by atoms with E-state index >= 15 is 0 Å². The third-order valence-electron chi connectivity index (χ3n) is 3.19. The van der Waals surface area contributed by atoms with Crippen molar-refractivity contribution >= 4 is 17.8 Å². The van der Waals surface area contributed by atoms with E-state index in [1.165, 1.54) is 28.6 Å². The Hall–Kier alpha value is -2.60. The molecule has 1 aromatic heterocycles. The summed E-state index contributed by atoms with van der Waals surface area (Å²) in [6.45, 7) is 0. The van der Waals surface area contributed by atoms with Crippen LogP contribution in [0, 0.1) is 5.82 Å². The van der Waals surface area contributed by atoms with Crippen molar-refractivity contribution in [3.8, 4) is 11.4 Å². The second-order valence-electron chi connectivity index (χ2n) is 4.81. The third kappa shape index (κ3) is 3.78.